The van der Waals surface area contributed by atoms with Crippen LogP contribution in [0.1, 0.15) is 56.2 Å². The van der Waals surface area contributed by atoms with Crippen molar-refractivity contribution in [2.75, 3.05) is 40.0 Å². The highest BCUT2D eigenvalue weighted by Gasteiger charge is 2.31. The predicted molar refractivity (Wildman–Crippen MR) is 166 cm³/mol. The van der Waals surface area contributed by atoms with E-state index in [0.717, 1.165) is 24.0 Å². The number of rotatable bonds is 16. The topological polar surface area (TPSA) is 144 Å². The molecule has 238 valence electrons. The fourth-order valence-corrected chi connectivity index (χ4v) is 6.31. The summed E-state index contributed by atoms with van der Waals surface area (Å²) in [5, 5.41) is 12.3. The van der Waals surface area contributed by atoms with Crippen molar-refractivity contribution in [1.82, 2.24) is 10.0 Å². The first kappa shape index (κ1) is 32.3. The van der Waals surface area contributed by atoms with Gasteiger partial charge in [-0.25, -0.2) is 22.3 Å². The molecular formula is C33H35FN2O8S. The van der Waals surface area contributed by atoms with Gasteiger partial charge < -0.3 is 24.3 Å². The normalized spacial score (nSPS) is 13.3. The molecule has 0 atom stereocenters. The number of carbonyl (C=O) groups excluding carboxylic acids is 1. The van der Waals surface area contributed by atoms with E-state index in [1.807, 2.05) is 12.1 Å². The first-order valence-corrected chi connectivity index (χ1v) is 16.3. The van der Waals surface area contributed by atoms with Crippen molar-refractivity contribution >= 4 is 32.9 Å². The Balaban J connectivity index is 1.16. The lowest BCUT2D eigenvalue weighted by Gasteiger charge is -2.12. The third-order valence-corrected chi connectivity index (χ3v) is 8.86. The molecule has 12 heteroatoms. The molecule has 0 radical (unpaired) electrons. The number of aromatic carboxylic acids is 1. The number of sulfonamides is 1. The molecule has 1 fully saturated rings. The standard InChI is InChI=1S/C33H35FN2O8S/c1-35-32(37)30-28-19-27(22-5-6-22)25(18-29(28)44-31(30)23-7-9-26(34)10-8-23)20-45(40,41)36-12-14-43-16-15-42-13-11-21-3-2-4-24(17-21)33(38)39/h2-4,7-10,17-19,22,36H,5-6,11-16,20H2,1H3,(H,35,37)(H,38,39). The van der Waals surface area contributed by atoms with Crippen molar-refractivity contribution in [3.63, 3.8) is 0 Å². The number of benzene rings is 3. The zero-order chi connectivity index (χ0) is 32.0. The molecule has 0 saturated heterocycles. The van der Waals surface area contributed by atoms with Crippen molar-refractivity contribution in [2.24, 2.45) is 0 Å². The molecule has 3 aromatic carbocycles. The zero-order valence-corrected chi connectivity index (χ0v) is 25.6. The Morgan fingerprint density at radius 3 is 2.42 bits per heavy atom. The third kappa shape index (κ3) is 8.34. The number of amides is 1. The Morgan fingerprint density at radius 2 is 1.73 bits per heavy atom. The summed E-state index contributed by atoms with van der Waals surface area (Å²) in [6, 6.07) is 15.9. The number of furan rings is 1. The van der Waals surface area contributed by atoms with Crippen LogP contribution in [-0.4, -0.2) is 65.4 Å². The van der Waals surface area contributed by atoms with E-state index in [9.17, 15) is 22.4 Å². The molecule has 4 aromatic rings. The van der Waals surface area contributed by atoms with Crippen molar-refractivity contribution in [1.29, 1.82) is 0 Å². The first-order chi connectivity index (χ1) is 21.6. The Bertz CT molecular complexity index is 1780. The molecule has 45 heavy (non-hydrogen) atoms. The van der Waals surface area contributed by atoms with E-state index >= 15 is 0 Å². The minimum absolute atomic E-state index is 0.0849. The van der Waals surface area contributed by atoms with Gasteiger partial charge in [-0.2, -0.15) is 0 Å². The molecule has 1 aliphatic rings. The van der Waals surface area contributed by atoms with Crippen LogP contribution in [0.15, 0.2) is 65.1 Å². The molecule has 0 aliphatic heterocycles. The maximum absolute atomic E-state index is 13.6. The summed E-state index contributed by atoms with van der Waals surface area (Å²) in [4.78, 5) is 24.0. The van der Waals surface area contributed by atoms with Crippen LogP contribution in [0.25, 0.3) is 22.3 Å². The van der Waals surface area contributed by atoms with E-state index in [4.69, 9.17) is 19.0 Å². The van der Waals surface area contributed by atoms with Gasteiger partial charge >= 0.3 is 5.97 Å². The number of hydrogen-bond acceptors (Lipinski definition) is 7. The van der Waals surface area contributed by atoms with Crippen LogP contribution >= 0.6 is 0 Å². The number of fused-ring (bicyclic) bond motifs is 1. The molecule has 1 heterocycles. The van der Waals surface area contributed by atoms with Gasteiger partial charge in [0, 0.05) is 24.5 Å². The van der Waals surface area contributed by atoms with Crippen molar-refractivity contribution in [3.05, 3.63) is 94.3 Å². The number of halogens is 1. The molecule has 1 aliphatic carbocycles. The zero-order valence-electron chi connectivity index (χ0n) is 24.8. The molecule has 1 amide bonds. The van der Waals surface area contributed by atoms with Crippen LogP contribution in [0.2, 0.25) is 0 Å². The van der Waals surface area contributed by atoms with Gasteiger partial charge in [0.05, 0.1) is 43.3 Å². The van der Waals surface area contributed by atoms with Gasteiger partial charge in [0.25, 0.3) is 5.91 Å². The van der Waals surface area contributed by atoms with Gasteiger partial charge in [-0.15, -0.1) is 0 Å². The minimum atomic E-state index is -3.72. The highest BCUT2D eigenvalue weighted by Crippen LogP contribution is 2.45. The summed E-state index contributed by atoms with van der Waals surface area (Å²) in [6.45, 7) is 1.24. The van der Waals surface area contributed by atoms with Crippen molar-refractivity contribution < 1.29 is 41.4 Å². The second kappa shape index (κ2) is 14.3. The highest BCUT2D eigenvalue weighted by atomic mass is 32.2. The lowest BCUT2D eigenvalue weighted by molar-refractivity contribution is 0.0511. The maximum atomic E-state index is 13.6. The van der Waals surface area contributed by atoms with E-state index in [1.165, 1.54) is 37.4 Å². The summed E-state index contributed by atoms with van der Waals surface area (Å²) >= 11 is 0. The highest BCUT2D eigenvalue weighted by molar-refractivity contribution is 7.88. The van der Waals surface area contributed by atoms with Gasteiger partial charge in [-0.05, 0) is 90.4 Å². The Hall–Kier alpha value is -4.10. The average Bonchev–Trinajstić information content (AvgIpc) is 3.80. The van der Waals surface area contributed by atoms with Crippen LogP contribution in [-0.2, 0) is 31.7 Å². The molecule has 5 rings (SSSR count). The maximum Gasteiger partial charge on any atom is 0.335 e. The minimum Gasteiger partial charge on any atom is -0.478 e. The van der Waals surface area contributed by atoms with Crippen LogP contribution in [0, 0.1) is 5.82 Å². The number of nitrogens with one attached hydrogen (secondary N) is 2. The summed E-state index contributed by atoms with van der Waals surface area (Å²) < 4.78 is 59.4. The Labute approximate surface area is 260 Å². The molecule has 0 spiro atoms. The molecule has 0 bridgehead atoms. The number of carboxylic acids is 1. The van der Waals surface area contributed by atoms with Gasteiger partial charge in [-0.3, -0.25) is 4.79 Å². The van der Waals surface area contributed by atoms with Crippen LogP contribution in [0.3, 0.4) is 0 Å². The second-order valence-electron chi connectivity index (χ2n) is 10.8. The Kier molecular flexibility index (Phi) is 10.3. The fraction of sp³-hybridized carbons (Fsp3) is 0.333. The monoisotopic (exact) mass is 638 g/mol. The molecule has 3 N–H and O–H groups in total. The van der Waals surface area contributed by atoms with E-state index in [-0.39, 0.29) is 48.7 Å². The average molecular weight is 639 g/mol. The second-order valence-corrected chi connectivity index (χ2v) is 12.7. The number of hydrogen-bond donors (Lipinski definition) is 3. The van der Waals surface area contributed by atoms with E-state index in [1.54, 1.807) is 18.2 Å². The van der Waals surface area contributed by atoms with Crippen LogP contribution in [0.5, 0.6) is 0 Å². The van der Waals surface area contributed by atoms with Gasteiger partial charge in [-0.1, -0.05) is 12.1 Å². The van der Waals surface area contributed by atoms with Crippen molar-refractivity contribution in [2.45, 2.75) is 30.9 Å². The molecule has 10 nitrogen and oxygen atoms in total. The lowest BCUT2D eigenvalue weighted by Crippen LogP contribution is -2.29. The summed E-state index contributed by atoms with van der Waals surface area (Å²) in [6.07, 6.45) is 2.41. The molecular weight excluding hydrogens is 603 g/mol. The van der Waals surface area contributed by atoms with Gasteiger partial charge in [0.1, 0.15) is 17.2 Å². The molecule has 1 saturated carbocycles. The SMILES string of the molecule is CNC(=O)c1c(-c2ccc(F)cc2)oc2cc(CS(=O)(=O)NCCOCCOCCc3cccc(C(=O)O)c3)c(C3CC3)cc12. The first-order valence-electron chi connectivity index (χ1n) is 14.7. The molecule has 0 unspecified atom stereocenters. The smallest absolute Gasteiger partial charge is 0.335 e. The summed E-state index contributed by atoms with van der Waals surface area (Å²) in [5.41, 5.74) is 3.79. The fourth-order valence-electron chi connectivity index (χ4n) is 5.15. The Morgan fingerprint density at radius 1 is 1.00 bits per heavy atom. The van der Waals surface area contributed by atoms with Crippen LogP contribution in [0.4, 0.5) is 4.39 Å². The van der Waals surface area contributed by atoms with Crippen molar-refractivity contribution in [3.8, 4) is 11.3 Å². The molecule has 1 aromatic heterocycles. The van der Waals surface area contributed by atoms with Gasteiger partial charge in [0.2, 0.25) is 10.0 Å². The quantitative estimate of drug-likeness (QED) is 0.148. The summed E-state index contributed by atoms with van der Waals surface area (Å²) in [7, 11) is -2.20. The summed E-state index contributed by atoms with van der Waals surface area (Å²) in [5.74, 6) is -1.51. The largest absolute Gasteiger partial charge is 0.478 e. The third-order valence-electron chi connectivity index (χ3n) is 7.52. The van der Waals surface area contributed by atoms with Crippen LogP contribution < -0.4 is 10.0 Å². The predicted octanol–water partition coefficient (Wildman–Crippen LogP) is 4.87. The lowest BCUT2D eigenvalue weighted by atomic mass is 9.98. The van der Waals surface area contributed by atoms with E-state index < -0.39 is 21.8 Å². The number of ether oxygens (including phenoxy) is 2. The van der Waals surface area contributed by atoms with E-state index in [2.05, 4.69) is 10.0 Å². The number of carboxylic acid groups (broad SMARTS) is 1. The van der Waals surface area contributed by atoms with E-state index in [0.29, 0.717) is 47.3 Å². The number of carbonyl (C=O) groups is 2. The van der Waals surface area contributed by atoms with Gasteiger partial charge in [0.15, 0.2) is 0 Å².